The summed E-state index contributed by atoms with van der Waals surface area (Å²) in [6.07, 6.45) is 9.41. The second kappa shape index (κ2) is 9.62. The molecule has 1 N–H and O–H groups in total. The van der Waals surface area contributed by atoms with Gasteiger partial charge in [-0.05, 0) is 43.7 Å². The Hall–Kier alpha value is -1.70. The highest BCUT2D eigenvalue weighted by atomic mass is 32.2. The Kier molecular flexibility index (Phi) is 6.91. The summed E-state index contributed by atoms with van der Waals surface area (Å²) < 4.78 is 26.8. The molecule has 0 radical (unpaired) electrons. The number of carbonyl (C=O) groups excluding carboxylic acids is 1. The number of nitrogens with zero attached hydrogens (tertiary/aromatic N) is 2. The maximum atomic E-state index is 12.9. The molecular formula is C23H34N3O3S+. The summed E-state index contributed by atoms with van der Waals surface area (Å²) in [4.78, 5) is 16.3. The van der Waals surface area contributed by atoms with E-state index in [2.05, 4.69) is 0 Å². The molecule has 3 fully saturated rings. The highest BCUT2D eigenvalue weighted by Gasteiger charge is 2.38. The first-order valence-corrected chi connectivity index (χ1v) is 12.9. The van der Waals surface area contributed by atoms with Crippen LogP contribution in [0.4, 0.5) is 0 Å². The fraction of sp³-hybridized carbons (Fsp3) is 0.609. The molecule has 30 heavy (non-hydrogen) atoms. The molecule has 2 aliphatic heterocycles. The first-order chi connectivity index (χ1) is 14.5. The van der Waals surface area contributed by atoms with Crippen molar-refractivity contribution in [1.82, 2.24) is 9.21 Å². The second-order valence-corrected chi connectivity index (χ2v) is 10.7. The van der Waals surface area contributed by atoms with Crippen LogP contribution in [0.5, 0.6) is 0 Å². The van der Waals surface area contributed by atoms with Crippen LogP contribution in [-0.4, -0.2) is 68.8 Å². The lowest BCUT2D eigenvalue weighted by Crippen LogP contribution is -3.18. The van der Waals surface area contributed by atoms with E-state index in [-0.39, 0.29) is 5.91 Å². The molecule has 1 unspecified atom stereocenters. The molecule has 0 spiro atoms. The van der Waals surface area contributed by atoms with Crippen LogP contribution >= 0.6 is 0 Å². The number of likely N-dealkylation sites (tertiary alicyclic amines) is 1. The molecule has 1 amide bonds. The molecule has 2 saturated heterocycles. The molecule has 1 aliphatic carbocycles. The quantitative estimate of drug-likeness (QED) is 0.765. The van der Waals surface area contributed by atoms with Crippen molar-refractivity contribution in [3.05, 3.63) is 41.3 Å². The van der Waals surface area contributed by atoms with Gasteiger partial charge < -0.3 is 9.80 Å². The molecule has 6 nitrogen and oxygen atoms in total. The first-order valence-electron chi connectivity index (χ1n) is 11.4. The standard InChI is InChI=1S/C23H33N3O3S/c27-23(19-25-13-6-10-21-9-4-5-11-22(21)25)24-14-16-26(17-15-24)30(28,29)18-12-20-7-2-1-3-8-20/h1-3,7-8,12,18,21-22H,4-6,9-11,13-17,19H2/p+1/b18-12+/t21-,22-/m0/s1. The number of sulfonamides is 1. The van der Waals surface area contributed by atoms with Gasteiger partial charge in [-0.3, -0.25) is 4.79 Å². The van der Waals surface area contributed by atoms with E-state index in [1.807, 2.05) is 35.2 Å². The van der Waals surface area contributed by atoms with Crippen molar-refractivity contribution in [3.63, 3.8) is 0 Å². The van der Waals surface area contributed by atoms with Crippen LogP contribution < -0.4 is 4.90 Å². The second-order valence-electron chi connectivity index (χ2n) is 8.92. The Morgan fingerprint density at radius 2 is 1.70 bits per heavy atom. The topological polar surface area (TPSA) is 62.1 Å². The Labute approximate surface area is 180 Å². The van der Waals surface area contributed by atoms with Gasteiger partial charge in [-0.2, -0.15) is 4.31 Å². The van der Waals surface area contributed by atoms with E-state index in [9.17, 15) is 13.2 Å². The Morgan fingerprint density at radius 1 is 1.00 bits per heavy atom. The van der Waals surface area contributed by atoms with Gasteiger partial charge in [0.1, 0.15) is 0 Å². The third-order valence-electron chi connectivity index (χ3n) is 7.07. The van der Waals surface area contributed by atoms with E-state index in [0.717, 1.165) is 18.0 Å². The highest BCUT2D eigenvalue weighted by molar-refractivity contribution is 7.92. The van der Waals surface area contributed by atoms with Gasteiger partial charge in [-0.15, -0.1) is 0 Å². The van der Waals surface area contributed by atoms with Crippen LogP contribution in [0.2, 0.25) is 0 Å². The fourth-order valence-electron chi connectivity index (χ4n) is 5.40. The number of quaternary nitrogens is 1. The van der Waals surface area contributed by atoms with Crippen LogP contribution in [0.25, 0.3) is 6.08 Å². The molecule has 0 aromatic heterocycles. The molecule has 1 aromatic carbocycles. The Bertz CT molecular complexity index is 846. The molecule has 4 rings (SSSR count). The largest absolute Gasteiger partial charge is 0.335 e. The van der Waals surface area contributed by atoms with Crippen LogP contribution in [-0.2, 0) is 14.8 Å². The predicted octanol–water partition coefficient (Wildman–Crippen LogP) is 1.37. The number of nitrogens with one attached hydrogen (secondary N) is 1. The Morgan fingerprint density at radius 3 is 2.47 bits per heavy atom. The zero-order valence-corrected chi connectivity index (χ0v) is 18.5. The van der Waals surface area contributed by atoms with E-state index in [0.29, 0.717) is 38.8 Å². The van der Waals surface area contributed by atoms with Crippen LogP contribution in [0, 0.1) is 5.92 Å². The summed E-state index contributed by atoms with van der Waals surface area (Å²) in [5, 5.41) is 1.28. The van der Waals surface area contributed by atoms with Crippen molar-refractivity contribution in [2.24, 2.45) is 5.92 Å². The molecule has 164 valence electrons. The monoisotopic (exact) mass is 432 g/mol. The lowest BCUT2D eigenvalue weighted by atomic mass is 9.78. The van der Waals surface area contributed by atoms with Crippen molar-refractivity contribution in [2.75, 3.05) is 39.3 Å². The number of carbonyl (C=O) groups is 1. The average molecular weight is 433 g/mol. The lowest BCUT2D eigenvalue weighted by molar-refractivity contribution is -0.929. The van der Waals surface area contributed by atoms with Gasteiger partial charge in [0.2, 0.25) is 10.0 Å². The maximum absolute atomic E-state index is 12.9. The summed E-state index contributed by atoms with van der Waals surface area (Å²) in [5.41, 5.74) is 0.861. The number of fused-ring (bicyclic) bond motifs is 1. The van der Waals surface area contributed by atoms with E-state index in [4.69, 9.17) is 0 Å². The number of piperidine rings is 1. The summed E-state index contributed by atoms with van der Waals surface area (Å²) in [7, 11) is -3.46. The van der Waals surface area contributed by atoms with Gasteiger partial charge in [-0.25, -0.2) is 8.42 Å². The average Bonchev–Trinajstić information content (AvgIpc) is 2.79. The molecule has 1 saturated carbocycles. The van der Waals surface area contributed by atoms with Crippen LogP contribution in [0.1, 0.15) is 44.1 Å². The number of benzene rings is 1. The van der Waals surface area contributed by atoms with Crippen molar-refractivity contribution >= 4 is 22.0 Å². The molecule has 3 aliphatic rings. The summed E-state index contributed by atoms with van der Waals surface area (Å²) >= 11 is 0. The molecular weight excluding hydrogens is 398 g/mol. The minimum absolute atomic E-state index is 0.188. The normalized spacial score (nSPS) is 28.4. The van der Waals surface area contributed by atoms with Crippen molar-refractivity contribution in [1.29, 1.82) is 0 Å². The van der Waals surface area contributed by atoms with Gasteiger partial charge in [0.25, 0.3) is 5.91 Å². The van der Waals surface area contributed by atoms with E-state index < -0.39 is 10.0 Å². The molecule has 0 bridgehead atoms. The number of piperazine rings is 1. The SMILES string of the molecule is O=C(C[NH+]1CCC[C@@H]2CCCC[C@@H]21)N1CCN(S(=O)(=O)/C=C/c2ccccc2)CC1. The molecule has 1 aromatic rings. The van der Waals surface area contributed by atoms with Gasteiger partial charge in [0.15, 0.2) is 6.54 Å². The third kappa shape index (κ3) is 5.13. The molecule has 7 heteroatoms. The van der Waals surface area contributed by atoms with Crippen molar-refractivity contribution < 1.29 is 18.1 Å². The smallest absolute Gasteiger partial charge is 0.277 e. The van der Waals surface area contributed by atoms with Crippen molar-refractivity contribution in [3.8, 4) is 0 Å². The van der Waals surface area contributed by atoms with Gasteiger partial charge >= 0.3 is 0 Å². The Balaban J connectivity index is 1.29. The van der Waals surface area contributed by atoms with Crippen molar-refractivity contribution in [2.45, 2.75) is 44.6 Å². The van der Waals surface area contributed by atoms with Gasteiger partial charge in [-0.1, -0.05) is 36.8 Å². The molecule has 3 atom stereocenters. The zero-order valence-electron chi connectivity index (χ0n) is 17.7. The fourth-order valence-corrected chi connectivity index (χ4v) is 6.57. The number of rotatable bonds is 5. The van der Waals surface area contributed by atoms with E-state index >= 15 is 0 Å². The number of amides is 1. The maximum Gasteiger partial charge on any atom is 0.277 e. The minimum atomic E-state index is -3.46. The predicted molar refractivity (Wildman–Crippen MR) is 118 cm³/mol. The van der Waals surface area contributed by atoms with E-state index in [1.165, 1.54) is 53.1 Å². The lowest BCUT2D eigenvalue weighted by Gasteiger charge is -2.42. The number of hydrogen-bond acceptors (Lipinski definition) is 3. The summed E-state index contributed by atoms with van der Waals surface area (Å²) in [6.45, 7) is 3.38. The first kappa shape index (κ1) is 21.5. The van der Waals surface area contributed by atoms with Crippen LogP contribution in [0.15, 0.2) is 35.7 Å². The molecule has 2 heterocycles. The summed E-state index contributed by atoms with van der Waals surface area (Å²) in [6, 6.07) is 10.1. The number of hydrogen-bond donors (Lipinski definition) is 1. The van der Waals surface area contributed by atoms with E-state index in [1.54, 1.807) is 6.08 Å². The highest BCUT2D eigenvalue weighted by Crippen LogP contribution is 2.28. The minimum Gasteiger partial charge on any atom is -0.335 e. The van der Waals surface area contributed by atoms with Gasteiger partial charge in [0, 0.05) is 37.5 Å². The summed E-state index contributed by atoms with van der Waals surface area (Å²) in [5.74, 6) is 0.988. The van der Waals surface area contributed by atoms with Crippen LogP contribution in [0.3, 0.4) is 0 Å². The third-order valence-corrected chi connectivity index (χ3v) is 8.63. The van der Waals surface area contributed by atoms with Gasteiger partial charge in [0.05, 0.1) is 12.6 Å². The zero-order chi connectivity index (χ0) is 21.0.